The number of sulfonamides is 2. The molecule has 43 nitrogen and oxygen atoms in total. The van der Waals surface area contributed by atoms with Crippen LogP contribution in [0.25, 0.3) is 15.9 Å². The van der Waals surface area contributed by atoms with Crippen molar-refractivity contribution in [3.05, 3.63) is 285 Å². The van der Waals surface area contributed by atoms with E-state index in [1.807, 2.05) is 84.0 Å². The van der Waals surface area contributed by atoms with Crippen LogP contribution in [0.3, 0.4) is 0 Å². The van der Waals surface area contributed by atoms with Crippen LogP contribution in [0, 0.1) is 36.4 Å². The molecular formula is C91H96N26O17S5. The lowest BCUT2D eigenvalue weighted by Gasteiger charge is -2.19. The van der Waals surface area contributed by atoms with Crippen LogP contribution >= 0.6 is 35.8 Å². The molecule has 23 N–H and O–H groups in total. The standard InChI is InChI=1S/C25H28N4O5S.C21H18N8O4S2.C19H23N3O3.C17H19N7O3.C9H8N4O2S2/c1-4-23(34-24-13-8-17(2)14-18(24)3)25(31)27-21-6-5-7-22(15-21)35(32,33)29-20-11-9-19(10-12-20)28-26-16-30;30-13-22-24-15-7-9-16(10-8-15)26-35(32,33)19-6-2-4-17(12-19)23-20(31)14-3-1-5-18(11-14)29-21(34)25-27-28-29;1-4-17(25-18-10-5-13(2)11-14(18)3)19(24)21-15-6-8-16(9-7-15)22-20-12-23;25-10-18-21-12-3-1-11(2-4-12)19-16(26)7-8-17(27)20-13-5-6-14-15(9-13)23-24-22-14;14-4-10-13-12-8(15)5-1-2-6-7(3-5)17-9(16)11-6/h5-16,23,28-29H,4H2,1-3H3,(H,26,30)(H,27,31);1-13,24,26H,(H,22,30)(H,23,31)(H,25,28,34);5-12,17,22H,4H2,1-3H3,(H,20,23)(H,21,24);1-6,9-10,21-24H,7-8H2,(H,18,25)(H,19,26)(H,20,27);1-4,13H,(H,10,14)(H,11,16)(H,12,15). The number of H-pyrrole nitrogens is 2. The molecule has 0 saturated heterocycles. The summed E-state index contributed by atoms with van der Waals surface area (Å²) in [6, 6.07) is 66.9. The van der Waals surface area contributed by atoms with Gasteiger partial charge in [0, 0.05) is 63.8 Å². The maximum atomic E-state index is 12.9. The highest BCUT2D eigenvalue weighted by atomic mass is 32.2. The zero-order valence-corrected chi connectivity index (χ0v) is 78.9. The average molecular weight is 1990 g/mol. The second-order valence-corrected chi connectivity index (χ2v) is 34.8. The molecule has 722 valence electrons. The number of nitrogens with zero attached hydrogens (tertiary/aromatic N) is 3. The van der Waals surface area contributed by atoms with Crippen molar-refractivity contribution in [3.8, 4) is 17.2 Å². The van der Waals surface area contributed by atoms with Crippen LogP contribution in [0.5, 0.6) is 11.5 Å². The first-order valence-corrected chi connectivity index (χ1v) is 46.4. The SMILES string of the molecule is CCC(Oc1ccc(C)cc1C)C(=O)Nc1ccc(NNC=O)cc1.CCC(Oc1ccc(C)cc1C)C(=O)Nc1cccc(S(=O)(=O)Nc2ccc(NNC=O)cc2)c1.O=CNNNC(=O)c1ccc2[nH]c(=S)sc2c1.O=CNNc1ccc(NC(=O)CCC(=O)Nc2ccc3c(c2)NNN3)cc1.O=CNNc1ccc(NS(=O)(=O)c2cccc(NC(=O)c3cccc(-n4[nH]nnc4=S)c3)c2)cc1. The Labute approximate surface area is 810 Å². The molecule has 11 aromatic carbocycles. The van der Waals surface area contributed by atoms with E-state index in [0.29, 0.717) is 140 Å². The molecule has 11 amide bonds. The van der Waals surface area contributed by atoms with Crippen LogP contribution in [-0.4, -0.2) is 122 Å². The fraction of sp³-hybridized carbons (Fsp3) is 0.132. The monoisotopic (exact) mass is 1980 g/mol. The van der Waals surface area contributed by atoms with E-state index >= 15 is 0 Å². The van der Waals surface area contributed by atoms with Gasteiger partial charge in [0.2, 0.25) is 48.6 Å². The molecule has 2 atom stereocenters. The normalized spacial score (nSPS) is 11.2. The van der Waals surface area contributed by atoms with E-state index in [4.69, 9.17) is 33.9 Å². The Morgan fingerprint density at radius 1 is 0.432 bits per heavy atom. The van der Waals surface area contributed by atoms with Gasteiger partial charge in [0.25, 0.3) is 43.7 Å². The zero-order valence-electron chi connectivity index (χ0n) is 74.8. The fourth-order valence-electron chi connectivity index (χ4n) is 12.4. The van der Waals surface area contributed by atoms with Crippen molar-refractivity contribution in [2.24, 2.45) is 0 Å². The first-order valence-electron chi connectivity index (χ1n) is 41.8. The topological polar surface area (TPSA) is 589 Å². The summed E-state index contributed by atoms with van der Waals surface area (Å²) >= 11 is 11.5. The number of hydrogen-bond acceptors (Lipinski definition) is 30. The van der Waals surface area contributed by atoms with Gasteiger partial charge in [-0.25, -0.2) is 21.5 Å². The number of aromatic nitrogens is 5. The van der Waals surface area contributed by atoms with Gasteiger partial charge < -0.3 is 51.9 Å². The summed E-state index contributed by atoms with van der Waals surface area (Å²) in [6.45, 7) is 11.6. The first-order chi connectivity index (χ1) is 66.9. The second kappa shape index (κ2) is 51.9. The van der Waals surface area contributed by atoms with Gasteiger partial charge in [0.1, 0.15) is 11.5 Å². The van der Waals surface area contributed by atoms with Crippen molar-refractivity contribution in [3.63, 3.8) is 0 Å². The van der Waals surface area contributed by atoms with Crippen LogP contribution in [0.4, 0.5) is 73.9 Å². The summed E-state index contributed by atoms with van der Waals surface area (Å²) < 4.78 is 71.4. The van der Waals surface area contributed by atoms with E-state index < -0.39 is 38.2 Å². The van der Waals surface area contributed by atoms with E-state index in [9.17, 15) is 69.6 Å². The van der Waals surface area contributed by atoms with Gasteiger partial charge in [-0.2, -0.15) is 5.21 Å². The molecule has 2 aromatic heterocycles. The molecule has 3 heterocycles. The van der Waals surface area contributed by atoms with E-state index in [0.717, 1.165) is 43.8 Å². The predicted molar refractivity (Wildman–Crippen MR) is 535 cm³/mol. The maximum absolute atomic E-state index is 12.9. The highest BCUT2D eigenvalue weighted by molar-refractivity contribution is 7.93. The molecule has 2 unspecified atom stereocenters. The van der Waals surface area contributed by atoms with Crippen molar-refractivity contribution in [1.82, 2.24) is 68.8 Å². The summed E-state index contributed by atoms with van der Waals surface area (Å²) in [5.41, 5.74) is 49.0. The lowest BCUT2D eigenvalue weighted by molar-refractivity contribution is -0.123. The Morgan fingerprint density at radius 2 is 0.856 bits per heavy atom. The number of hydrazine groups is 8. The van der Waals surface area contributed by atoms with Gasteiger partial charge in [0.05, 0.1) is 59.8 Å². The first kappa shape index (κ1) is 104. The molecule has 0 spiro atoms. The molecule has 0 bridgehead atoms. The largest absolute Gasteiger partial charge is 0.480 e. The number of benzene rings is 11. The van der Waals surface area contributed by atoms with Gasteiger partial charge in [-0.3, -0.25) is 116 Å². The third kappa shape index (κ3) is 32.6. The molecule has 14 rings (SSSR count). The van der Waals surface area contributed by atoms with Gasteiger partial charge >= 0.3 is 0 Å². The Balaban J connectivity index is 0.000000182. The summed E-state index contributed by atoms with van der Waals surface area (Å²) in [6.07, 6.45) is 2.26. The van der Waals surface area contributed by atoms with Crippen LogP contribution in [-0.2, 0) is 63.2 Å². The van der Waals surface area contributed by atoms with E-state index in [1.165, 1.54) is 58.5 Å². The van der Waals surface area contributed by atoms with Crippen LogP contribution in [0.1, 0.15) is 82.5 Å². The second-order valence-electron chi connectivity index (χ2n) is 29.4. The number of nitrogens with one attached hydrogen (secondary N) is 23. The van der Waals surface area contributed by atoms with Crippen LogP contribution in [0.15, 0.2) is 252 Å². The lowest BCUT2D eigenvalue weighted by atomic mass is 10.1. The number of carbonyl (C=O) groups is 11. The molecule has 0 fully saturated rings. The van der Waals surface area contributed by atoms with E-state index in [-0.39, 0.29) is 56.9 Å². The number of aryl methyl sites for hydroxylation is 4. The zero-order chi connectivity index (χ0) is 99.8. The summed E-state index contributed by atoms with van der Waals surface area (Å²) in [4.78, 5) is 128. The van der Waals surface area contributed by atoms with Gasteiger partial charge in [-0.05, 0) is 276 Å². The molecule has 1 aliphatic heterocycles. The summed E-state index contributed by atoms with van der Waals surface area (Å²) in [5, 5.41) is 23.7. The maximum Gasteiger partial charge on any atom is 0.266 e. The summed E-state index contributed by atoms with van der Waals surface area (Å²) in [5.74, 6) is -0.532. The van der Waals surface area contributed by atoms with Crippen molar-refractivity contribution in [2.75, 3.05) is 68.6 Å². The number of aromatic amines is 2. The minimum Gasteiger partial charge on any atom is -0.480 e. The van der Waals surface area contributed by atoms with Gasteiger partial charge in [-0.1, -0.05) is 77.8 Å². The van der Waals surface area contributed by atoms with Gasteiger partial charge in [0.15, 0.2) is 16.2 Å². The van der Waals surface area contributed by atoms with Gasteiger partial charge in [-0.15, -0.1) is 22.4 Å². The average Bonchev–Trinajstić information content (AvgIpc) is 1.26. The number of amides is 11. The summed E-state index contributed by atoms with van der Waals surface area (Å²) in [7, 11) is -7.84. The highest BCUT2D eigenvalue weighted by Gasteiger charge is 2.25. The van der Waals surface area contributed by atoms with Crippen molar-refractivity contribution in [1.29, 1.82) is 0 Å². The number of fused-ring (bicyclic) bond motifs is 2. The number of anilines is 13. The molecule has 48 heteroatoms. The Bertz CT molecular complexity index is 6860. The van der Waals surface area contributed by atoms with Crippen LogP contribution < -0.4 is 122 Å². The van der Waals surface area contributed by atoms with Crippen molar-refractivity contribution in [2.45, 2.75) is 89.2 Å². The van der Waals surface area contributed by atoms with Crippen LogP contribution in [0.2, 0.25) is 0 Å². The van der Waals surface area contributed by atoms with E-state index in [1.54, 1.807) is 158 Å². The number of rotatable bonds is 40. The molecule has 0 radical (unpaired) electrons. The Kier molecular flexibility index (Phi) is 38.8. The number of hydrogen-bond donors (Lipinski definition) is 23. The molecule has 13 aromatic rings. The quantitative estimate of drug-likeness (QED) is 0.00734. The minimum absolute atomic E-state index is 0.0107. The minimum atomic E-state index is -3.93. The van der Waals surface area contributed by atoms with Crippen molar-refractivity contribution < 1.29 is 79.0 Å². The molecule has 1 aliphatic rings. The molecule has 0 aliphatic carbocycles. The molecule has 139 heavy (non-hydrogen) atoms. The van der Waals surface area contributed by atoms with Crippen molar-refractivity contribution >= 4 is 207 Å². The predicted octanol–water partition coefficient (Wildman–Crippen LogP) is 11.8. The smallest absolute Gasteiger partial charge is 0.266 e. The fourth-order valence-corrected chi connectivity index (χ4v) is 16.0. The van der Waals surface area contributed by atoms with E-state index in [2.05, 4.69) is 133 Å². The number of thiazole rings is 1. The Morgan fingerprint density at radius 3 is 1.32 bits per heavy atom. The highest BCUT2D eigenvalue weighted by Crippen LogP contribution is 2.31. The number of carbonyl (C=O) groups excluding carboxylic acids is 11. The third-order valence-electron chi connectivity index (χ3n) is 19.1. The molecular weight excluding hydrogens is 1890 g/mol. The molecule has 0 saturated carbocycles. The number of tetrazole rings is 1. The Hall–Kier alpha value is -17.2. The number of ether oxygens (including phenoxy) is 2. The lowest BCUT2D eigenvalue weighted by Crippen LogP contribution is -2.45. The third-order valence-corrected chi connectivity index (χ3v) is 23.4.